The highest BCUT2D eigenvalue weighted by molar-refractivity contribution is 6.31. The quantitative estimate of drug-likeness (QED) is 0.592. The molecule has 0 atom stereocenters. The van der Waals surface area contributed by atoms with E-state index in [1.165, 1.54) is 0 Å². The van der Waals surface area contributed by atoms with Crippen molar-refractivity contribution in [2.24, 2.45) is 12.5 Å². The molecule has 0 radical (unpaired) electrons. The van der Waals surface area contributed by atoms with Crippen LogP contribution in [0.1, 0.15) is 38.3 Å². The van der Waals surface area contributed by atoms with Gasteiger partial charge in [0.15, 0.2) is 1.41 Å². The fraction of sp³-hybridized carbons (Fsp3) is 0.364. The Kier molecular flexibility index (Phi) is 5.53. The number of hydrogen-bond acceptors (Lipinski definition) is 2. The molecule has 0 aliphatic carbocycles. The number of nitrogens with zero attached hydrogens (tertiary/aromatic N) is 2. The maximum atomic E-state index is 12.6. The number of amides is 2. The number of halogens is 1. The van der Waals surface area contributed by atoms with Crippen LogP contribution in [0.4, 0.5) is 10.5 Å². The number of fused-ring (bicyclic) bond motifs is 1. The zero-order valence-corrected chi connectivity index (χ0v) is 17.5. The Morgan fingerprint density at radius 1 is 1.29 bits per heavy atom. The largest absolute Gasteiger partial charge is 0.334 e. The van der Waals surface area contributed by atoms with E-state index in [1.807, 2.05) is 43.4 Å². The second-order valence-corrected chi connectivity index (χ2v) is 8.65. The highest BCUT2D eigenvalue weighted by Crippen LogP contribution is 2.26. The van der Waals surface area contributed by atoms with Crippen LogP contribution in [0.15, 0.2) is 42.6 Å². The first-order chi connectivity index (χ1) is 13.6. The molecule has 2 N–H and O–H groups in total. The molecule has 0 bridgehead atoms. The number of rotatable bonds is 5. The number of nitrogens with one attached hydrogen (secondary N) is 2. The number of aryl methyl sites for hydroxylation is 2. The normalized spacial score (nSPS) is 12.1. The maximum absolute atomic E-state index is 12.6. The Morgan fingerprint density at radius 2 is 2.07 bits per heavy atom. The standard InChI is InChI=1S/C22H27ClN4O/c1-22(2,3)11-10-16-12-15(8-9-18(16)23)13-24-21(28)26-19-6-5-7-20-17(19)14-25-27(20)4/h5-9,12,14H,10-11,13H2,1-4H3,(H2,24,26,28)/i/hD. The molecule has 3 aromatic rings. The first kappa shape index (κ1) is 18.8. The van der Waals surface area contributed by atoms with Crippen molar-refractivity contribution in [3.05, 3.63) is 58.7 Å². The molecule has 6 heteroatoms. The van der Waals surface area contributed by atoms with Gasteiger partial charge in [0.05, 0.1) is 17.4 Å². The molecule has 0 spiro atoms. The van der Waals surface area contributed by atoms with Crippen LogP contribution < -0.4 is 10.6 Å². The number of urea groups is 1. The third kappa shape index (κ3) is 5.04. The molecule has 0 fully saturated rings. The lowest BCUT2D eigenvalue weighted by atomic mass is 9.88. The second kappa shape index (κ2) is 8.23. The van der Waals surface area contributed by atoms with Gasteiger partial charge < -0.3 is 10.6 Å². The lowest BCUT2D eigenvalue weighted by molar-refractivity contribution is 0.252. The van der Waals surface area contributed by atoms with Crippen LogP contribution in [0.25, 0.3) is 10.9 Å². The molecule has 2 amide bonds. The molecule has 148 valence electrons. The van der Waals surface area contributed by atoms with E-state index in [4.69, 9.17) is 13.0 Å². The maximum Gasteiger partial charge on any atom is 0.319 e. The summed E-state index contributed by atoms with van der Waals surface area (Å²) in [6, 6.07) is 10.8. The summed E-state index contributed by atoms with van der Waals surface area (Å²) in [7, 11) is 1.85. The van der Waals surface area contributed by atoms with Gasteiger partial charge >= 0.3 is 6.03 Å². The fourth-order valence-electron chi connectivity index (χ4n) is 3.03. The zero-order valence-electron chi connectivity index (χ0n) is 17.8. The van der Waals surface area contributed by atoms with E-state index in [0.717, 1.165) is 45.2 Å². The lowest BCUT2D eigenvalue weighted by Crippen LogP contribution is -2.28. The number of anilines is 1. The predicted molar refractivity (Wildman–Crippen MR) is 116 cm³/mol. The molecule has 0 unspecified atom stereocenters. The molecule has 5 nitrogen and oxygen atoms in total. The Balaban J connectivity index is 1.69. The number of carbonyl (C=O) groups is 1. The first-order valence-electron chi connectivity index (χ1n) is 9.84. The van der Waals surface area contributed by atoms with Gasteiger partial charge in [0.25, 0.3) is 0 Å². The van der Waals surface area contributed by atoms with Crippen LogP contribution in [0.3, 0.4) is 0 Å². The second-order valence-electron chi connectivity index (χ2n) is 8.24. The van der Waals surface area contributed by atoms with Gasteiger partial charge in [0.1, 0.15) is 0 Å². The van der Waals surface area contributed by atoms with Gasteiger partial charge in [-0.15, -0.1) is 0 Å². The number of benzene rings is 2. The summed E-state index contributed by atoms with van der Waals surface area (Å²) in [4.78, 5) is 12.6. The van der Waals surface area contributed by atoms with E-state index in [2.05, 4.69) is 31.2 Å². The molecule has 3 rings (SSSR count). The molecule has 1 aromatic heterocycles. The van der Waals surface area contributed by atoms with Crippen molar-refractivity contribution in [3.8, 4) is 0 Å². The first-order valence-corrected chi connectivity index (χ1v) is 9.77. The smallest absolute Gasteiger partial charge is 0.319 e. The highest BCUT2D eigenvalue weighted by Gasteiger charge is 2.12. The van der Waals surface area contributed by atoms with Gasteiger partial charge in [-0.1, -0.05) is 50.6 Å². The van der Waals surface area contributed by atoms with Crippen molar-refractivity contribution >= 4 is 34.2 Å². The number of aromatic nitrogens is 2. The van der Waals surface area contributed by atoms with E-state index in [1.54, 1.807) is 10.9 Å². The van der Waals surface area contributed by atoms with Crippen molar-refractivity contribution in [2.45, 2.75) is 40.2 Å². The van der Waals surface area contributed by atoms with Gasteiger partial charge in [-0.3, -0.25) is 4.68 Å². The summed E-state index contributed by atoms with van der Waals surface area (Å²) in [6.45, 7) is 6.77. The molecule has 2 aromatic carbocycles. The molecule has 28 heavy (non-hydrogen) atoms. The highest BCUT2D eigenvalue weighted by atomic mass is 35.5. The van der Waals surface area contributed by atoms with Crippen molar-refractivity contribution in [1.82, 2.24) is 15.1 Å². The predicted octanol–water partition coefficient (Wildman–Crippen LogP) is 5.53. The van der Waals surface area contributed by atoms with Gasteiger partial charge in [0, 0.05) is 24.0 Å². The van der Waals surface area contributed by atoms with Crippen LogP contribution in [0.5, 0.6) is 0 Å². The summed E-state index contributed by atoms with van der Waals surface area (Å²) < 4.78 is 9.92. The summed E-state index contributed by atoms with van der Waals surface area (Å²) in [5.41, 5.74) is 3.70. The molecule has 0 saturated heterocycles. The van der Waals surface area contributed by atoms with Crippen molar-refractivity contribution in [3.63, 3.8) is 0 Å². The van der Waals surface area contributed by atoms with Crippen molar-refractivity contribution in [2.75, 3.05) is 5.32 Å². The average molecular weight is 400 g/mol. The number of carbonyl (C=O) groups excluding carboxylic acids is 1. The number of hydrogen-bond donors (Lipinski definition) is 2. The summed E-state index contributed by atoms with van der Waals surface area (Å²) in [5.74, 6) is 0. The monoisotopic (exact) mass is 399 g/mol. The Bertz CT molecular complexity index is 1030. The third-order valence-corrected chi connectivity index (χ3v) is 5.06. The van der Waals surface area contributed by atoms with Crippen LogP contribution in [-0.4, -0.2) is 15.8 Å². The van der Waals surface area contributed by atoms with Crippen molar-refractivity contribution in [1.29, 1.82) is 0 Å². The minimum Gasteiger partial charge on any atom is -0.334 e. The third-order valence-electron chi connectivity index (χ3n) is 4.69. The van der Waals surface area contributed by atoms with Crippen LogP contribution in [0, 0.1) is 5.41 Å². The van der Waals surface area contributed by atoms with E-state index in [0.29, 0.717) is 5.69 Å². The minimum absolute atomic E-state index is 0.175. The fourth-order valence-corrected chi connectivity index (χ4v) is 3.24. The Hall–Kier alpha value is -2.53. The zero-order chi connectivity index (χ0) is 21.2. The Labute approximate surface area is 172 Å². The minimum atomic E-state index is -0.493. The molecule has 0 saturated carbocycles. The summed E-state index contributed by atoms with van der Waals surface area (Å²) >= 11 is 6.34. The molecule has 1 heterocycles. The van der Waals surface area contributed by atoms with E-state index < -0.39 is 6.03 Å². The van der Waals surface area contributed by atoms with Crippen LogP contribution in [0.2, 0.25) is 6.43 Å². The molecular weight excluding hydrogens is 372 g/mol. The van der Waals surface area contributed by atoms with E-state index in [9.17, 15) is 4.79 Å². The van der Waals surface area contributed by atoms with Crippen LogP contribution in [-0.2, 0) is 20.0 Å². The Morgan fingerprint density at radius 3 is 2.82 bits per heavy atom. The summed E-state index contributed by atoms with van der Waals surface area (Å²) in [5, 5.41) is 9.52. The van der Waals surface area contributed by atoms with Crippen LogP contribution >= 0.6 is 11.6 Å². The molecule has 0 aliphatic heterocycles. The topological polar surface area (TPSA) is 59.0 Å². The van der Waals surface area contributed by atoms with Gasteiger partial charge in [-0.25, -0.2) is 4.79 Å². The van der Waals surface area contributed by atoms with Gasteiger partial charge in [0.2, 0.25) is 0 Å². The molecule has 0 aliphatic rings. The molecular formula is C22H27ClN4O. The SMILES string of the molecule is [2H]N(Cc1ccc(Cl)c(CCC(C)(C)C)c1)C(=O)Nc1cccc2c1cnn2C. The lowest BCUT2D eigenvalue weighted by Gasteiger charge is -2.18. The average Bonchev–Trinajstić information content (AvgIpc) is 3.03. The van der Waals surface area contributed by atoms with Gasteiger partial charge in [-0.05, 0) is 47.6 Å². The van der Waals surface area contributed by atoms with Gasteiger partial charge in [-0.2, -0.15) is 5.10 Å². The van der Waals surface area contributed by atoms with Crippen molar-refractivity contribution < 1.29 is 6.21 Å². The summed E-state index contributed by atoms with van der Waals surface area (Å²) in [6.07, 6.45) is 3.58. The van der Waals surface area contributed by atoms with E-state index in [-0.39, 0.29) is 12.0 Å². The van der Waals surface area contributed by atoms with E-state index >= 15 is 0 Å².